The summed E-state index contributed by atoms with van der Waals surface area (Å²) >= 11 is 6.17. The van der Waals surface area contributed by atoms with Crippen molar-refractivity contribution in [2.75, 3.05) is 0 Å². The summed E-state index contributed by atoms with van der Waals surface area (Å²) in [6.07, 6.45) is 2.72. The summed E-state index contributed by atoms with van der Waals surface area (Å²) in [5, 5.41) is 8.77. The van der Waals surface area contributed by atoms with E-state index in [1.807, 2.05) is 29.8 Å². The highest BCUT2D eigenvalue weighted by atomic mass is 35.5. The molecule has 2 aromatic rings. The van der Waals surface area contributed by atoms with E-state index in [4.69, 9.17) is 17.4 Å². The molecule has 102 valence electrons. The maximum Gasteiger partial charge on any atom is 0.0895 e. The highest BCUT2D eigenvalue weighted by Gasteiger charge is 2.18. The van der Waals surface area contributed by atoms with Crippen molar-refractivity contribution in [1.29, 1.82) is 0 Å². The number of benzene rings is 1. The van der Waals surface area contributed by atoms with Crippen molar-refractivity contribution in [1.82, 2.24) is 20.4 Å². The fraction of sp³-hybridized carbons (Fsp3) is 0.385. The average molecular weight is 280 g/mol. The average Bonchev–Trinajstić information content (AvgIpc) is 2.83. The number of hydrogen-bond donors (Lipinski definition) is 2. The molecule has 1 aromatic heterocycles. The molecule has 0 aliphatic carbocycles. The quantitative estimate of drug-likeness (QED) is 0.650. The Hall–Kier alpha value is -1.43. The summed E-state index contributed by atoms with van der Waals surface area (Å²) in [5.41, 5.74) is 5.78. The molecule has 0 amide bonds. The Bertz CT molecular complexity index is 552. The van der Waals surface area contributed by atoms with Gasteiger partial charge in [0.15, 0.2) is 0 Å². The van der Waals surface area contributed by atoms with E-state index >= 15 is 0 Å². The molecule has 0 fully saturated rings. The summed E-state index contributed by atoms with van der Waals surface area (Å²) in [6, 6.07) is 5.75. The first-order valence-electron chi connectivity index (χ1n) is 6.28. The van der Waals surface area contributed by atoms with Crippen LogP contribution in [0.3, 0.4) is 0 Å². The fourth-order valence-electron chi connectivity index (χ4n) is 2.02. The molecule has 1 atom stereocenters. The van der Waals surface area contributed by atoms with E-state index in [1.54, 1.807) is 6.20 Å². The Morgan fingerprint density at radius 1 is 1.47 bits per heavy atom. The minimum atomic E-state index is -0.167. The van der Waals surface area contributed by atoms with Crippen LogP contribution in [-0.4, -0.2) is 15.0 Å². The van der Waals surface area contributed by atoms with Crippen LogP contribution in [-0.2, 0) is 6.54 Å². The van der Waals surface area contributed by atoms with Crippen molar-refractivity contribution in [2.45, 2.75) is 32.9 Å². The number of aryl methyl sites for hydroxylation is 2. The maximum atomic E-state index is 6.17. The molecule has 0 spiro atoms. The summed E-state index contributed by atoms with van der Waals surface area (Å²) in [4.78, 5) is 0. The van der Waals surface area contributed by atoms with E-state index in [1.165, 1.54) is 0 Å². The van der Waals surface area contributed by atoms with Crippen LogP contribution in [0.4, 0.5) is 0 Å². The van der Waals surface area contributed by atoms with Crippen LogP contribution in [0.25, 0.3) is 0 Å². The number of nitrogens with zero attached hydrogens (tertiary/aromatic N) is 3. The van der Waals surface area contributed by atoms with E-state index in [0.717, 1.165) is 34.8 Å². The molecule has 1 aromatic carbocycles. The van der Waals surface area contributed by atoms with Gasteiger partial charge in [-0.3, -0.25) is 5.84 Å². The van der Waals surface area contributed by atoms with E-state index in [0.29, 0.717) is 0 Å². The molecule has 0 saturated carbocycles. The maximum absolute atomic E-state index is 6.17. The number of nitrogens with two attached hydrogens (primary N) is 1. The van der Waals surface area contributed by atoms with Crippen LogP contribution in [0.1, 0.15) is 36.2 Å². The van der Waals surface area contributed by atoms with Gasteiger partial charge in [-0.2, -0.15) is 0 Å². The third-order valence-electron chi connectivity index (χ3n) is 3.07. The van der Waals surface area contributed by atoms with Gasteiger partial charge in [-0.05, 0) is 30.5 Å². The van der Waals surface area contributed by atoms with Crippen molar-refractivity contribution in [2.24, 2.45) is 5.84 Å². The third kappa shape index (κ3) is 2.94. The van der Waals surface area contributed by atoms with Gasteiger partial charge in [0.05, 0.1) is 17.9 Å². The lowest BCUT2D eigenvalue weighted by molar-refractivity contribution is 0.512. The molecular weight excluding hydrogens is 262 g/mol. The van der Waals surface area contributed by atoms with Gasteiger partial charge >= 0.3 is 0 Å². The van der Waals surface area contributed by atoms with Gasteiger partial charge in [0.2, 0.25) is 0 Å². The molecule has 5 nitrogen and oxygen atoms in total. The Morgan fingerprint density at radius 3 is 2.89 bits per heavy atom. The molecule has 0 radical (unpaired) electrons. The van der Waals surface area contributed by atoms with Crippen molar-refractivity contribution in [3.05, 3.63) is 46.2 Å². The first kappa shape index (κ1) is 14.0. The Morgan fingerprint density at radius 2 is 2.26 bits per heavy atom. The van der Waals surface area contributed by atoms with E-state index in [-0.39, 0.29) is 6.04 Å². The minimum absolute atomic E-state index is 0.167. The second kappa shape index (κ2) is 6.14. The van der Waals surface area contributed by atoms with Gasteiger partial charge in [0, 0.05) is 11.6 Å². The molecule has 0 aliphatic heterocycles. The number of aromatic nitrogens is 3. The largest absolute Gasteiger partial charge is 0.271 e. The second-order valence-corrected chi connectivity index (χ2v) is 4.90. The summed E-state index contributed by atoms with van der Waals surface area (Å²) < 4.78 is 1.86. The predicted octanol–water partition coefficient (Wildman–Crippen LogP) is 2.20. The highest BCUT2D eigenvalue weighted by Crippen LogP contribution is 2.25. The minimum Gasteiger partial charge on any atom is -0.271 e. The third-order valence-corrected chi connectivity index (χ3v) is 3.48. The molecule has 0 saturated heterocycles. The Balaban J connectivity index is 2.38. The smallest absolute Gasteiger partial charge is 0.0895 e. The zero-order chi connectivity index (χ0) is 13.8. The molecule has 3 N–H and O–H groups in total. The van der Waals surface area contributed by atoms with Gasteiger partial charge in [0.1, 0.15) is 0 Å². The van der Waals surface area contributed by atoms with Crippen LogP contribution < -0.4 is 11.3 Å². The first-order chi connectivity index (χ1) is 9.17. The van der Waals surface area contributed by atoms with Crippen LogP contribution >= 0.6 is 11.6 Å². The van der Waals surface area contributed by atoms with Crippen LogP contribution in [0.2, 0.25) is 5.02 Å². The predicted molar refractivity (Wildman–Crippen MR) is 75.7 cm³/mol. The van der Waals surface area contributed by atoms with Crippen LogP contribution in [0.15, 0.2) is 24.4 Å². The zero-order valence-electron chi connectivity index (χ0n) is 11.1. The molecule has 19 heavy (non-hydrogen) atoms. The van der Waals surface area contributed by atoms with Gasteiger partial charge in [-0.1, -0.05) is 35.9 Å². The lowest BCUT2D eigenvalue weighted by atomic mass is 10.0. The number of halogens is 1. The fourth-order valence-corrected chi connectivity index (χ4v) is 2.20. The summed E-state index contributed by atoms with van der Waals surface area (Å²) in [6.45, 7) is 4.88. The van der Waals surface area contributed by atoms with E-state index in [2.05, 4.69) is 22.7 Å². The standard InChI is InChI=1S/C13H18ClN5/c1-3-6-19-12(8-16-18-19)13(17-15)10-5-4-9(2)11(14)7-10/h4-5,7-8,13,17H,3,6,15H2,1-2H3. The topological polar surface area (TPSA) is 68.8 Å². The van der Waals surface area contributed by atoms with Gasteiger partial charge < -0.3 is 0 Å². The first-order valence-corrected chi connectivity index (χ1v) is 6.65. The lowest BCUT2D eigenvalue weighted by Gasteiger charge is -2.18. The molecule has 6 heteroatoms. The van der Waals surface area contributed by atoms with Crippen molar-refractivity contribution in [3.63, 3.8) is 0 Å². The molecular formula is C13H18ClN5. The van der Waals surface area contributed by atoms with Crippen molar-refractivity contribution >= 4 is 11.6 Å². The second-order valence-electron chi connectivity index (χ2n) is 4.49. The molecule has 0 bridgehead atoms. The molecule has 1 heterocycles. The van der Waals surface area contributed by atoms with Crippen LogP contribution in [0, 0.1) is 6.92 Å². The zero-order valence-corrected chi connectivity index (χ0v) is 11.9. The van der Waals surface area contributed by atoms with Crippen LogP contribution in [0.5, 0.6) is 0 Å². The number of hydrogen-bond acceptors (Lipinski definition) is 4. The van der Waals surface area contributed by atoms with E-state index in [9.17, 15) is 0 Å². The van der Waals surface area contributed by atoms with Crippen molar-refractivity contribution in [3.8, 4) is 0 Å². The number of rotatable bonds is 5. The van der Waals surface area contributed by atoms with Gasteiger partial charge in [-0.25, -0.2) is 10.1 Å². The highest BCUT2D eigenvalue weighted by molar-refractivity contribution is 6.31. The molecule has 0 aliphatic rings. The normalized spacial score (nSPS) is 12.6. The Labute approximate surface area is 117 Å². The van der Waals surface area contributed by atoms with Crippen molar-refractivity contribution < 1.29 is 0 Å². The van der Waals surface area contributed by atoms with Gasteiger partial charge in [0.25, 0.3) is 0 Å². The monoisotopic (exact) mass is 279 g/mol. The van der Waals surface area contributed by atoms with Gasteiger partial charge in [-0.15, -0.1) is 5.10 Å². The molecule has 2 rings (SSSR count). The lowest BCUT2D eigenvalue weighted by Crippen LogP contribution is -2.30. The summed E-state index contributed by atoms with van der Waals surface area (Å²) in [5.74, 6) is 5.69. The van der Waals surface area contributed by atoms with E-state index < -0.39 is 0 Å². The number of hydrazine groups is 1. The summed E-state index contributed by atoms with van der Waals surface area (Å²) in [7, 11) is 0. The SMILES string of the molecule is CCCn1nncc1C(NN)c1ccc(C)c(Cl)c1. The Kier molecular flexibility index (Phi) is 4.52. The molecule has 1 unspecified atom stereocenters. The number of nitrogens with one attached hydrogen (secondary N) is 1.